The van der Waals surface area contributed by atoms with Gasteiger partial charge in [-0.1, -0.05) is 31.2 Å². The van der Waals surface area contributed by atoms with E-state index in [1.165, 1.54) is 18.2 Å². The molecule has 0 aliphatic carbocycles. The predicted octanol–water partition coefficient (Wildman–Crippen LogP) is 5.98. The Morgan fingerprint density at radius 2 is 1.97 bits per heavy atom. The van der Waals surface area contributed by atoms with E-state index < -0.39 is 5.83 Å². The lowest BCUT2D eigenvalue weighted by atomic mass is 10.0. The molecule has 0 N–H and O–H groups in total. The van der Waals surface area contributed by atoms with Gasteiger partial charge in [0.05, 0.1) is 23.4 Å². The van der Waals surface area contributed by atoms with Crippen LogP contribution in [0, 0.1) is 0 Å². The molecule has 0 atom stereocenters. The summed E-state index contributed by atoms with van der Waals surface area (Å²) in [5.74, 6) is -0.461. The maximum absolute atomic E-state index is 14.2. The van der Waals surface area contributed by atoms with Crippen LogP contribution in [0.25, 0.3) is 16.8 Å². The number of methoxy groups -OCH3 is 1. The van der Waals surface area contributed by atoms with Crippen molar-refractivity contribution in [3.63, 3.8) is 0 Å². The summed E-state index contributed by atoms with van der Waals surface area (Å²) in [6.07, 6.45) is 9.84. The number of carbonyl (C=O) groups is 1. The lowest BCUT2D eigenvalue weighted by molar-refractivity contribution is -0.107. The summed E-state index contributed by atoms with van der Waals surface area (Å²) < 4.78 is 32.4. The van der Waals surface area contributed by atoms with Crippen LogP contribution in [0.5, 0.6) is 0 Å². The fraction of sp³-hybridized carbons (Fsp3) is 0.320. The lowest BCUT2D eigenvalue weighted by Crippen LogP contribution is -2.02. The number of rotatable bonds is 12. The summed E-state index contributed by atoms with van der Waals surface area (Å²) in [6.45, 7) is 2.43. The number of carbonyl (C=O) groups excluding carboxylic acids is 1. The molecule has 0 saturated carbocycles. The second-order valence-corrected chi connectivity index (χ2v) is 6.95. The van der Waals surface area contributed by atoms with Crippen LogP contribution in [-0.2, 0) is 22.4 Å². The van der Waals surface area contributed by atoms with Crippen molar-refractivity contribution in [1.82, 2.24) is 9.97 Å². The zero-order valence-corrected chi connectivity index (χ0v) is 18.0. The van der Waals surface area contributed by atoms with Crippen LogP contribution in [-0.4, -0.2) is 30.0 Å². The maximum Gasteiger partial charge on any atom is 0.120 e. The zero-order chi connectivity index (χ0) is 22.5. The van der Waals surface area contributed by atoms with Crippen LogP contribution in [0.3, 0.4) is 0 Å². The quantitative estimate of drug-likeness (QED) is 0.238. The Morgan fingerprint density at radius 1 is 1.19 bits per heavy atom. The molecule has 1 heterocycles. The van der Waals surface area contributed by atoms with Gasteiger partial charge in [-0.15, -0.1) is 0 Å². The van der Waals surface area contributed by atoms with Crippen molar-refractivity contribution in [2.75, 3.05) is 13.7 Å². The normalized spacial score (nSPS) is 12.5. The zero-order valence-electron chi connectivity index (χ0n) is 18.0. The van der Waals surface area contributed by atoms with Gasteiger partial charge in [0.15, 0.2) is 0 Å². The van der Waals surface area contributed by atoms with E-state index in [2.05, 4.69) is 4.98 Å². The van der Waals surface area contributed by atoms with E-state index in [9.17, 15) is 13.6 Å². The van der Waals surface area contributed by atoms with Gasteiger partial charge < -0.3 is 9.53 Å². The average Bonchev–Trinajstić information content (AvgIpc) is 2.78. The van der Waals surface area contributed by atoms with Gasteiger partial charge >= 0.3 is 0 Å². The highest BCUT2D eigenvalue weighted by atomic mass is 19.1. The molecule has 0 spiro atoms. The molecule has 1 aromatic carbocycles. The fourth-order valence-electron chi connectivity index (χ4n) is 3.08. The molecular formula is C25H28F2N2O2. The summed E-state index contributed by atoms with van der Waals surface area (Å²) in [4.78, 5) is 19.9. The molecule has 0 unspecified atom stereocenters. The first-order valence-corrected chi connectivity index (χ1v) is 10.3. The number of nitrogens with zero attached hydrogens (tertiary/aromatic N) is 2. The number of hydrogen-bond acceptors (Lipinski definition) is 4. The number of allylic oxidation sites excluding steroid dienone is 5. The van der Waals surface area contributed by atoms with Crippen molar-refractivity contribution < 1.29 is 18.3 Å². The second-order valence-electron chi connectivity index (χ2n) is 6.95. The number of aromatic nitrogens is 2. The first-order valence-electron chi connectivity index (χ1n) is 10.3. The molecule has 4 nitrogen and oxygen atoms in total. The summed E-state index contributed by atoms with van der Waals surface area (Å²) in [5, 5.41) is 0. The number of halogens is 2. The van der Waals surface area contributed by atoms with E-state index in [4.69, 9.17) is 9.72 Å². The van der Waals surface area contributed by atoms with Crippen LogP contribution in [0.4, 0.5) is 8.78 Å². The highest BCUT2D eigenvalue weighted by Gasteiger charge is 2.14. The lowest BCUT2D eigenvalue weighted by Gasteiger charge is -2.12. The molecule has 2 aromatic rings. The van der Waals surface area contributed by atoms with Gasteiger partial charge in [-0.05, 0) is 49.5 Å². The number of aryl methyl sites for hydroxylation is 2. The first-order chi connectivity index (χ1) is 15.1. The number of benzene rings is 1. The summed E-state index contributed by atoms with van der Waals surface area (Å²) in [6, 6.07) is 7.63. The van der Waals surface area contributed by atoms with Gasteiger partial charge in [-0.2, -0.15) is 0 Å². The van der Waals surface area contributed by atoms with Gasteiger partial charge in [0, 0.05) is 37.5 Å². The Hall–Kier alpha value is -2.99. The molecule has 0 bridgehead atoms. The molecule has 0 radical (unpaired) electrons. The largest absolute Gasteiger partial charge is 0.385 e. The minimum absolute atomic E-state index is 0.292. The van der Waals surface area contributed by atoms with Crippen molar-refractivity contribution in [2.24, 2.45) is 0 Å². The van der Waals surface area contributed by atoms with E-state index in [0.717, 1.165) is 29.5 Å². The Balaban J connectivity index is 2.53. The smallest absolute Gasteiger partial charge is 0.120 e. The monoisotopic (exact) mass is 426 g/mol. The number of hydrogen-bond donors (Lipinski definition) is 0. The molecule has 0 aliphatic heterocycles. The van der Waals surface area contributed by atoms with E-state index >= 15 is 0 Å². The van der Waals surface area contributed by atoms with Crippen molar-refractivity contribution in [3.05, 3.63) is 77.8 Å². The minimum atomic E-state index is -0.461. The van der Waals surface area contributed by atoms with Crippen LogP contribution < -0.4 is 0 Å². The van der Waals surface area contributed by atoms with E-state index in [1.807, 2.05) is 31.2 Å². The Kier molecular flexibility index (Phi) is 10.4. The number of aldehydes is 1. The predicted molar refractivity (Wildman–Crippen MR) is 120 cm³/mol. The van der Waals surface area contributed by atoms with E-state index in [-0.39, 0.29) is 0 Å². The first kappa shape index (κ1) is 24.3. The van der Waals surface area contributed by atoms with Crippen LogP contribution in [0.2, 0.25) is 0 Å². The summed E-state index contributed by atoms with van der Waals surface area (Å²) in [7, 11) is 1.64. The second kappa shape index (κ2) is 13.3. The molecule has 0 fully saturated rings. The van der Waals surface area contributed by atoms with E-state index in [1.54, 1.807) is 13.3 Å². The molecular weight excluding hydrogens is 398 g/mol. The standard InChI is InChI=1S/C25H28F2N2O2/c1-3-6-22(27)17-21(13-14-26)24-25(29-23(18-28-24)8-5-16-31-2)20-11-9-19(10-12-20)7-4-15-30/h6,9-15,17-18H,3-5,7-8,16H2,1-2H3/b14-13+,21-17+,22-6-. The third kappa shape index (κ3) is 7.64. The van der Waals surface area contributed by atoms with Gasteiger partial charge in [-0.3, -0.25) is 4.98 Å². The van der Waals surface area contributed by atoms with Crippen molar-refractivity contribution in [1.29, 1.82) is 0 Å². The van der Waals surface area contributed by atoms with Gasteiger partial charge in [-0.25, -0.2) is 13.8 Å². The Morgan fingerprint density at radius 3 is 2.61 bits per heavy atom. The average molecular weight is 427 g/mol. The van der Waals surface area contributed by atoms with Crippen LogP contribution >= 0.6 is 0 Å². The summed E-state index contributed by atoms with van der Waals surface area (Å²) in [5.41, 5.74) is 3.81. The van der Waals surface area contributed by atoms with Crippen molar-refractivity contribution in [2.45, 2.75) is 39.0 Å². The van der Waals surface area contributed by atoms with Crippen molar-refractivity contribution in [3.8, 4) is 11.3 Å². The SMILES string of the molecule is CC/C=C(F)/C=C(\C=C\F)c1ncc(CCCOC)nc1-c1ccc(CCC=O)cc1. The Bertz CT molecular complexity index is 935. The molecule has 0 saturated heterocycles. The Labute approximate surface area is 182 Å². The molecule has 31 heavy (non-hydrogen) atoms. The highest BCUT2D eigenvalue weighted by molar-refractivity contribution is 5.82. The third-order valence-electron chi connectivity index (χ3n) is 4.59. The molecule has 0 amide bonds. The topological polar surface area (TPSA) is 52.1 Å². The van der Waals surface area contributed by atoms with Crippen molar-refractivity contribution >= 4 is 11.9 Å². The highest BCUT2D eigenvalue weighted by Crippen LogP contribution is 2.29. The minimum Gasteiger partial charge on any atom is -0.385 e. The molecule has 0 aliphatic rings. The van der Waals surface area contributed by atoms with Crippen LogP contribution in [0.15, 0.2) is 60.8 Å². The molecule has 1 aromatic heterocycles. The maximum atomic E-state index is 14.2. The van der Waals surface area contributed by atoms with Gasteiger partial charge in [0.2, 0.25) is 0 Å². The van der Waals surface area contributed by atoms with E-state index in [0.29, 0.717) is 55.6 Å². The molecule has 164 valence electrons. The molecule has 6 heteroatoms. The van der Waals surface area contributed by atoms with Crippen LogP contribution in [0.1, 0.15) is 43.1 Å². The fourth-order valence-corrected chi connectivity index (χ4v) is 3.08. The molecule has 2 rings (SSSR count). The number of ether oxygens (including phenoxy) is 1. The van der Waals surface area contributed by atoms with Gasteiger partial charge in [0.1, 0.15) is 12.1 Å². The summed E-state index contributed by atoms with van der Waals surface area (Å²) >= 11 is 0. The third-order valence-corrected chi connectivity index (χ3v) is 4.59. The van der Waals surface area contributed by atoms with Gasteiger partial charge in [0.25, 0.3) is 0 Å².